The van der Waals surface area contributed by atoms with E-state index in [2.05, 4.69) is 42.3 Å². The summed E-state index contributed by atoms with van der Waals surface area (Å²) in [6, 6.07) is 0. The third kappa shape index (κ3) is 3.53. The van der Waals surface area contributed by atoms with Crippen LogP contribution in [0.2, 0.25) is 0 Å². The highest BCUT2D eigenvalue weighted by Gasteiger charge is 2.08. The highest BCUT2D eigenvalue weighted by atomic mass is 15.3. The molecule has 0 aromatic carbocycles. The lowest BCUT2D eigenvalue weighted by Gasteiger charge is -1.99. The van der Waals surface area contributed by atoms with Gasteiger partial charge < -0.3 is 4.98 Å². The average molecular weight is 271 g/mol. The Kier molecular flexibility index (Phi) is 5.05. The zero-order valence-electron chi connectivity index (χ0n) is 11.6. The summed E-state index contributed by atoms with van der Waals surface area (Å²) in [5.41, 5.74) is 0.708. The van der Waals surface area contributed by atoms with Gasteiger partial charge in [-0.05, 0) is 12.8 Å². The van der Waals surface area contributed by atoms with Crippen molar-refractivity contribution in [3.8, 4) is 11.6 Å². The summed E-state index contributed by atoms with van der Waals surface area (Å²) in [6.07, 6.45) is 9.96. The number of rotatable bonds is 6. The lowest BCUT2D eigenvalue weighted by atomic mass is 10.2. The number of H-pyrrole nitrogens is 1. The second-order valence-corrected chi connectivity index (χ2v) is 4.08. The molecular weight excluding hydrogens is 254 g/mol. The van der Waals surface area contributed by atoms with Gasteiger partial charge in [0.25, 0.3) is 0 Å². The Balaban J connectivity index is 2.23. The molecule has 0 spiro atoms. The molecule has 0 aliphatic heterocycles. The van der Waals surface area contributed by atoms with Crippen molar-refractivity contribution in [1.29, 1.82) is 0 Å². The van der Waals surface area contributed by atoms with Crippen LogP contribution in [0.4, 0.5) is 0 Å². The topological polar surface area (TPSA) is 92.6 Å². The van der Waals surface area contributed by atoms with Crippen molar-refractivity contribution in [1.82, 2.24) is 30.4 Å². The maximum Gasteiger partial charge on any atom is 0.238 e. The molecule has 2 rings (SSSR count). The molecular formula is C13H17N7. The van der Waals surface area contributed by atoms with Crippen molar-refractivity contribution in [2.45, 2.75) is 33.1 Å². The van der Waals surface area contributed by atoms with Gasteiger partial charge in [0.05, 0.1) is 0 Å². The Labute approximate surface area is 117 Å². The van der Waals surface area contributed by atoms with Crippen LogP contribution in [0, 0.1) is 0 Å². The fourth-order valence-electron chi connectivity index (χ4n) is 1.49. The molecule has 0 saturated carbocycles. The van der Waals surface area contributed by atoms with Crippen LogP contribution in [0.3, 0.4) is 0 Å². The highest BCUT2D eigenvalue weighted by molar-refractivity contribution is 5.70. The van der Waals surface area contributed by atoms with Crippen molar-refractivity contribution in [3.63, 3.8) is 0 Å². The van der Waals surface area contributed by atoms with Crippen LogP contribution in [-0.4, -0.2) is 36.6 Å². The number of aromatic nitrogens is 6. The van der Waals surface area contributed by atoms with E-state index in [0.717, 1.165) is 19.3 Å². The Morgan fingerprint density at radius 1 is 1.25 bits per heavy atom. The minimum Gasteiger partial charge on any atom is -0.342 e. The molecule has 1 N–H and O–H groups in total. The maximum absolute atomic E-state index is 4.35. The molecule has 2 aromatic heterocycles. The van der Waals surface area contributed by atoms with Crippen LogP contribution >= 0.6 is 0 Å². The molecule has 0 fully saturated rings. The normalized spacial score (nSPS) is 12.2. The summed E-state index contributed by atoms with van der Waals surface area (Å²) < 4.78 is 0. The molecule has 2 heterocycles. The number of aromatic amines is 1. The van der Waals surface area contributed by atoms with Crippen molar-refractivity contribution in [2.75, 3.05) is 0 Å². The maximum atomic E-state index is 4.35. The molecule has 0 radical (unpaired) electrons. The van der Waals surface area contributed by atoms with Gasteiger partial charge in [-0.2, -0.15) is 0 Å². The van der Waals surface area contributed by atoms with Gasteiger partial charge in [0.15, 0.2) is 5.82 Å². The lowest BCUT2D eigenvalue weighted by molar-refractivity contribution is 0.831. The minimum atomic E-state index is 0.369. The molecule has 0 atom stereocenters. The standard InChI is InChI=1S/C13H17N7/c1-3-5-6-10(14-7-4-2)11-17-19-13(20-18-11)12-15-8-9-16-12/h6-9H,3-5H2,1-2H3,(H,15,16)/b10-6+,14-7?. The van der Waals surface area contributed by atoms with Crippen LogP contribution in [0.15, 0.2) is 23.5 Å². The van der Waals surface area contributed by atoms with E-state index in [0.29, 0.717) is 23.2 Å². The van der Waals surface area contributed by atoms with Gasteiger partial charge in [-0.15, -0.1) is 20.4 Å². The monoisotopic (exact) mass is 271 g/mol. The SMILES string of the molecule is CCC=N/C(=C/CCC)c1nnc(-c2ncc[nH]2)nn1. The summed E-state index contributed by atoms with van der Waals surface area (Å²) in [5.74, 6) is 1.35. The molecule has 7 nitrogen and oxygen atoms in total. The number of unbranched alkanes of at least 4 members (excludes halogenated alkanes) is 1. The molecule has 0 bridgehead atoms. The zero-order valence-corrected chi connectivity index (χ0v) is 11.6. The minimum absolute atomic E-state index is 0.369. The number of allylic oxidation sites excluding steroid dienone is 1. The second kappa shape index (κ2) is 7.22. The second-order valence-electron chi connectivity index (χ2n) is 4.08. The molecule has 0 saturated heterocycles. The first-order chi connectivity index (χ1) is 9.85. The first kappa shape index (κ1) is 14.0. The van der Waals surface area contributed by atoms with Crippen molar-refractivity contribution in [3.05, 3.63) is 24.3 Å². The van der Waals surface area contributed by atoms with Crippen LogP contribution in [0.5, 0.6) is 0 Å². The van der Waals surface area contributed by atoms with E-state index < -0.39 is 0 Å². The molecule has 2 aromatic rings. The highest BCUT2D eigenvalue weighted by Crippen LogP contribution is 2.12. The number of aliphatic imine (C=N–C) groups is 1. The summed E-state index contributed by atoms with van der Waals surface area (Å²) in [5, 5.41) is 16.2. The largest absolute Gasteiger partial charge is 0.342 e. The number of hydrogen-bond acceptors (Lipinski definition) is 6. The van der Waals surface area contributed by atoms with E-state index in [4.69, 9.17) is 0 Å². The number of hydrogen-bond donors (Lipinski definition) is 1. The predicted octanol–water partition coefficient (Wildman–Crippen LogP) is 2.28. The summed E-state index contributed by atoms with van der Waals surface area (Å²) >= 11 is 0. The predicted molar refractivity (Wildman–Crippen MR) is 76.9 cm³/mol. The van der Waals surface area contributed by atoms with Crippen LogP contribution in [0.25, 0.3) is 17.3 Å². The third-order valence-corrected chi connectivity index (χ3v) is 2.46. The first-order valence-corrected chi connectivity index (χ1v) is 6.65. The Hall–Kier alpha value is -2.44. The first-order valence-electron chi connectivity index (χ1n) is 6.65. The Morgan fingerprint density at radius 2 is 2.05 bits per heavy atom. The van der Waals surface area contributed by atoms with E-state index in [-0.39, 0.29) is 0 Å². The fourth-order valence-corrected chi connectivity index (χ4v) is 1.49. The molecule has 0 unspecified atom stereocenters. The van der Waals surface area contributed by atoms with Gasteiger partial charge in [-0.1, -0.05) is 26.3 Å². The Morgan fingerprint density at radius 3 is 2.65 bits per heavy atom. The number of imidazole rings is 1. The van der Waals surface area contributed by atoms with Gasteiger partial charge in [0, 0.05) is 18.6 Å². The molecule has 7 heteroatoms. The summed E-state index contributed by atoms with van der Waals surface area (Å²) in [6.45, 7) is 4.13. The van der Waals surface area contributed by atoms with E-state index >= 15 is 0 Å². The lowest BCUT2D eigenvalue weighted by Crippen LogP contribution is -2.02. The molecule has 0 amide bonds. The summed E-state index contributed by atoms with van der Waals surface area (Å²) in [7, 11) is 0. The number of nitrogens with one attached hydrogen (secondary N) is 1. The third-order valence-electron chi connectivity index (χ3n) is 2.46. The van der Waals surface area contributed by atoms with Crippen molar-refractivity contribution < 1.29 is 0 Å². The average Bonchev–Trinajstić information content (AvgIpc) is 3.02. The van der Waals surface area contributed by atoms with Crippen LogP contribution in [0.1, 0.15) is 38.9 Å². The van der Waals surface area contributed by atoms with Crippen LogP contribution < -0.4 is 0 Å². The smallest absolute Gasteiger partial charge is 0.238 e. The van der Waals surface area contributed by atoms with Crippen molar-refractivity contribution >= 4 is 11.9 Å². The van der Waals surface area contributed by atoms with E-state index in [1.54, 1.807) is 12.4 Å². The van der Waals surface area contributed by atoms with Gasteiger partial charge >= 0.3 is 0 Å². The zero-order chi connectivity index (χ0) is 14.2. The Bertz CT molecular complexity index is 569. The summed E-state index contributed by atoms with van der Waals surface area (Å²) in [4.78, 5) is 11.3. The molecule has 0 aliphatic rings. The molecule has 20 heavy (non-hydrogen) atoms. The van der Waals surface area contributed by atoms with Crippen LogP contribution in [-0.2, 0) is 0 Å². The van der Waals surface area contributed by atoms with Gasteiger partial charge in [-0.3, -0.25) is 4.99 Å². The molecule has 0 aliphatic carbocycles. The van der Waals surface area contributed by atoms with Gasteiger partial charge in [0.2, 0.25) is 11.6 Å². The van der Waals surface area contributed by atoms with E-state index in [1.165, 1.54) is 0 Å². The van der Waals surface area contributed by atoms with E-state index in [1.807, 2.05) is 19.2 Å². The quantitative estimate of drug-likeness (QED) is 0.813. The van der Waals surface area contributed by atoms with Gasteiger partial charge in [0.1, 0.15) is 5.70 Å². The number of nitrogens with zero attached hydrogens (tertiary/aromatic N) is 6. The fraction of sp³-hybridized carbons (Fsp3) is 0.385. The van der Waals surface area contributed by atoms with Gasteiger partial charge in [-0.25, -0.2) is 4.98 Å². The van der Waals surface area contributed by atoms with Crippen molar-refractivity contribution in [2.24, 2.45) is 4.99 Å². The molecule has 104 valence electrons. The van der Waals surface area contributed by atoms with E-state index in [9.17, 15) is 0 Å².